The van der Waals surface area contributed by atoms with Gasteiger partial charge in [0.25, 0.3) is 5.56 Å². The van der Waals surface area contributed by atoms with Gasteiger partial charge < -0.3 is 0 Å². The van der Waals surface area contributed by atoms with E-state index in [2.05, 4.69) is 20.9 Å². The van der Waals surface area contributed by atoms with Crippen LogP contribution in [0.15, 0.2) is 32.3 Å². The van der Waals surface area contributed by atoms with E-state index in [1.165, 1.54) is 0 Å². The Balaban J connectivity index is 2.88. The summed E-state index contributed by atoms with van der Waals surface area (Å²) >= 11 is 15.2. The van der Waals surface area contributed by atoms with Gasteiger partial charge in [0, 0.05) is 9.50 Å². The number of H-pyrrole nitrogens is 1. The number of hydrogen-bond acceptors (Lipinski definition) is 2. The highest BCUT2D eigenvalue weighted by Gasteiger charge is 2.18. The molecule has 106 valence electrons. The van der Waals surface area contributed by atoms with Gasteiger partial charge in [0.1, 0.15) is 5.15 Å². The van der Waals surface area contributed by atoms with Gasteiger partial charge in [0.2, 0.25) is 0 Å². The lowest BCUT2D eigenvalue weighted by Gasteiger charge is -2.12. The summed E-state index contributed by atoms with van der Waals surface area (Å²) in [4.78, 5) is 27.1. The van der Waals surface area contributed by atoms with Crippen LogP contribution in [0.3, 0.4) is 0 Å². The predicted octanol–water partition coefficient (Wildman–Crippen LogP) is 3.72. The van der Waals surface area contributed by atoms with E-state index < -0.39 is 11.2 Å². The smallest absolute Gasteiger partial charge is 0.297 e. The highest BCUT2D eigenvalue weighted by molar-refractivity contribution is 9.10. The molecule has 0 saturated carbocycles. The van der Waals surface area contributed by atoms with E-state index in [1.807, 2.05) is 13.8 Å². The van der Waals surface area contributed by atoms with Crippen molar-refractivity contribution >= 4 is 39.1 Å². The summed E-state index contributed by atoms with van der Waals surface area (Å²) in [5, 5.41) is 0.500. The van der Waals surface area contributed by atoms with E-state index in [0.717, 1.165) is 4.57 Å². The molecule has 0 amide bonds. The van der Waals surface area contributed by atoms with Gasteiger partial charge in [-0.3, -0.25) is 9.78 Å². The predicted molar refractivity (Wildman–Crippen MR) is 84.5 cm³/mol. The Morgan fingerprint density at radius 1 is 1.25 bits per heavy atom. The van der Waals surface area contributed by atoms with Gasteiger partial charge in [-0.05, 0) is 40.0 Å². The molecule has 0 fully saturated rings. The first-order valence-electron chi connectivity index (χ1n) is 5.83. The highest BCUT2D eigenvalue weighted by Crippen LogP contribution is 2.24. The third-order valence-corrected chi connectivity index (χ3v) is 4.02. The van der Waals surface area contributed by atoms with Gasteiger partial charge in [-0.25, -0.2) is 9.36 Å². The molecule has 2 aromatic rings. The van der Waals surface area contributed by atoms with Crippen molar-refractivity contribution in [3.63, 3.8) is 0 Å². The quantitative estimate of drug-likeness (QED) is 0.811. The topological polar surface area (TPSA) is 54.9 Å². The first-order chi connectivity index (χ1) is 9.32. The van der Waals surface area contributed by atoms with Crippen LogP contribution in [-0.2, 0) is 0 Å². The molecule has 0 aliphatic carbocycles. The normalized spacial score (nSPS) is 11.1. The molecule has 0 radical (unpaired) electrons. The lowest BCUT2D eigenvalue weighted by atomic mass is 10.1. The number of nitrogens with zero attached hydrogens (tertiary/aromatic N) is 1. The maximum absolute atomic E-state index is 12.5. The van der Waals surface area contributed by atoms with Crippen LogP contribution in [0, 0.1) is 0 Å². The second-order valence-corrected chi connectivity index (χ2v) is 6.22. The molecule has 20 heavy (non-hydrogen) atoms. The number of nitrogens with one attached hydrogen (secondary N) is 1. The van der Waals surface area contributed by atoms with Gasteiger partial charge in [0.05, 0.1) is 11.3 Å². The third kappa shape index (κ3) is 2.71. The second-order valence-electron chi connectivity index (χ2n) is 4.55. The van der Waals surface area contributed by atoms with Crippen LogP contribution in [-0.4, -0.2) is 9.55 Å². The SMILES string of the molecule is CC(C)c1c(Cl)[nH]c(=O)n(-c2cc(Cl)ccc2Br)c1=O. The van der Waals surface area contributed by atoms with Crippen LogP contribution in [0.5, 0.6) is 0 Å². The van der Waals surface area contributed by atoms with Crippen molar-refractivity contribution < 1.29 is 0 Å². The Morgan fingerprint density at radius 2 is 1.90 bits per heavy atom. The Kier molecular flexibility index (Phi) is 4.42. The number of halogens is 3. The number of rotatable bonds is 2. The molecule has 7 heteroatoms. The van der Waals surface area contributed by atoms with Crippen molar-refractivity contribution in [3.8, 4) is 5.69 Å². The Morgan fingerprint density at radius 3 is 2.50 bits per heavy atom. The maximum Gasteiger partial charge on any atom is 0.334 e. The molecule has 0 aliphatic rings. The van der Waals surface area contributed by atoms with Crippen molar-refractivity contribution in [1.82, 2.24) is 9.55 Å². The largest absolute Gasteiger partial charge is 0.334 e. The zero-order valence-corrected chi connectivity index (χ0v) is 13.8. The zero-order valence-electron chi connectivity index (χ0n) is 10.7. The van der Waals surface area contributed by atoms with Gasteiger partial charge in [-0.1, -0.05) is 37.0 Å². The van der Waals surface area contributed by atoms with Crippen LogP contribution in [0.25, 0.3) is 5.69 Å². The minimum Gasteiger partial charge on any atom is -0.297 e. The van der Waals surface area contributed by atoms with Gasteiger partial charge >= 0.3 is 5.69 Å². The van der Waals surface area contributed by atoms with Gasteiger partial charge in [-0.15, -0.1) is 0 Å². The van der Waals surface area contributed by atoms with Crippen molar-refractivity contribution in [2.75, 3.05) is 0 Å². The van der Waals surface area contributed by atoms with Crippen molar-refractivity contribution in [2.45, 2.75) is 19.8 Å². The third-order valence-electron chi connectivity index (χ3n) is 2.82. The monoisotopic (exact) mass is 376 g/mol. The Labute approximate surface area is 133 Å². The molecule has 0 bridgehead atoms. The van der Waals surface area contributed by atoms with Crippen LogP contribution in [0.4, 0.5) is 0 Å². The summed E-state index contributed by atoms with van der Waals surface area (Å²) < 4.78 is 1.61. The van der Waals surface area contributed by atoms with E-state index in [-0.39, 0.29) is 11.1 Å². The maximum atomic E-state index is 12.5. The number of aromatic amines is 1. The zero-order chi connectivity index (χ0) is 15.0. The summed E-state index contributed by atoms with van der Waals surface area (Å²) in [5.41, 5.74) is -0.315. The molecule has 0 aliphatic heterocycles. The molecule has 0 spiro atoms. The van der Waals surface area contributed by atoms with E-state index in [9.17, 15) is 9.59 Å². The fraction of sp³-hybridized carbons (Fsp3) is 0.231. The van der Waals surface area contributed by atoms with Gasteiger partial charge in [-0.2, -0.15) is 0 Å². The van der Waals surface area contributed by atoms with Crippen LogP contribution < -0.4 is 11.2 Å². The second kappa shape index (κ2) is 5.76. The lowest BCUT2D eigenvalue weighted by Crippen LogP contribution is -2.36. The minimum absolute atomic E-state index is 0.0735. The first-order valence-corrected chi connectivity index (χ1v) is 7.38. The summed E-state index contributed by atoms with van der Waals surface area (Å²) in [6.45, 7) is 3.66. The molecule has 0 saturated heterocycles. The van der Waals surface area contributed by atoms with Crippen molar-refractivity contribution in [2.24, 2.45) is 0 Å². The molecule has 0 atom stereocenters. The van der Waals surface area contributed by atoms with E-state index in [4.69, 9.17) is 23.2 Å². The van der Waals surface area contributed by atoms with E-state index in [1.54, 1.807) is 18.2 Å². The highest BCUT2D eigenvalue weighted by atomic mass is 79.9. The fourth-order valence-corrected chi connectivity index (χ4v) is 2.87. The summed E-state index contributed by atoms with van der Waals surface area (Å²) in [7, 11) is 0. The Bertz CT molecular complexity index is 781. The average molecular weight is 378 g/mol. The molecular formula is C13H11BrCl2N2O2. The summed E-state index contributed by atoms with van der Waals surface area (Å²) in [5.74, 6) is -0.115. The molecular weight excluding hydrogens is 367 g/mol. The van der Waals surface area contributed by atoms with Gasteiger partial charge in [0.15, 0.2) is 0 Å². The fourth-order valence-electron chi connectivity index (χ4n) is 1.90. The lowest BCUT2D eigenvalue weighted by molar-refractivity contribution is 0.776. The van der Waals surface area contributed by atoms with Crippen molar-refractivity contribution in [1.29, 1.82) is 0 Å². The minimum atomic E-state index is -0.604. The molecule has 1 aromatic heterocycles. The molecule has 0 unspecified atom stereocenters. The molecule has 1 heterocycles. The Hall–Kier alpha value is -1.04. The standard InChI is InChI=1S/C13H11BrCl2N2O2/c1-6(2)10-11(16)17-13(20)18(12(10)19)9-5-7(15)3-4-8(9)14/h3-6H,1-2H3,(H,17,20). The van der Waals surface area contributed by atoms with Crippen LogP contribution in [0.2, 0.25) is 10.2 Å². The number of benzene rings is 1. The molecule has 2 rings (SSSR count). The molecule has 4 nitrogen and oxygen atoms in total. The molecule has 1 N–H and O–H groups in total. The van der Waals surface area contributed by atoms with E-state index in [0.29, 0.717) is 20.7 Å². The van der Waals surface area contributed by atoms with Crippen LogP contribution >= 0.6 is 39.1 Å². The summed E-state index contributed by atoms with van der Waals surface area (Å²) in [6.07, 6.45) is 0. The molecule has 1 aromatic carbocycles. The first kappa shape index (κ1) is 15.4. The van der Waals surface area contributed by atoms with Crippen LogP contribution in [0.1, 0.15) is 25.3 Å². The average Bonchev–Trinajstić information content (AvgIpc) is 2.32. The number of hydrogen-bond donors (Lipinski definition) is 1. The summed E-state index contributed by atoms with van der Waals surface area (Å²) in [6, 6.07) is 4.88. The number of aromatic nitrogens is 2. The van der Waals surface area contributed by atoms with E-state index >= 15 is 0 Å². The van der Waals surface area contributed by atoms with Crippen molar-refractivity contribution in [3.05, 3.63) is 59.2 Å².